The van der Waals surface area contributed by atoms with Crippen LogP contribution < -0.4 is 4.74 Å². The summed E-state index contributed by atoms with van der Waals surface area (Å²) >= 11 is 0. The number of hydrogen-bond donors (Lipinski definition) is 0. The quantitative estimate of drug-likeness (QED) is 0.552. The van der Waals surface area contributed by atoms with E-state index in [0.29, 0.717) is 5.75 Å². The molecule has 0 atom stereocenters. The van der Waals surface area contributed by atoms with Gasteiger partial charge in [-0.2, -0.15) is 0 Å². The summed E-state index contributed by atoms with van der Waals surface area (Å²) < 4.78 is 5.99. The average molecular weight is 233 g/mol. The summed E-state index contributed by atoms with van der Waals surface area (Å²) in [5.41, 5.74) is 0.971. The topological polar surface area (TPSA) is 52.4 Å². The maximum absolute atomic E-state index is 11.0. The van der Waals surface area contributed by atoms with Crippen LogP contribution in [0.5, 0.6) is 5.75 Å². The van der Waals surface area contributed by atoms with Crippen molar-refractivity contribution in [1.29, 1.82) is 0 Å². The molecule has 1 aromatic carbocycles. The first kappa shape index (κ1) is 10.6. The van der Waals surface area contributed by atoms with Crippen LogP contribution in [-0.4, -0.2) is 10.5 Å². The van der Waals surface area contributed by atoms with E-state index in [2.05, 4.69) is 0 Å². The van der Waals surface area contributed by atoms with E-state index in [9.17, 15) is 10.1 Å². The summed E-state index contributed by atoms with van der Waals surface area (Å²) in [6.45, 7) is 0. The molecular formula is C13H15NO3. The standard InChI is InChI=1S/C13H15NO3/c15-14(16)11-6-4-5-10-9-13(17-12(10)11)7-2-1-3-8-13/h4-6H,1-3,7-9H2. The minimum atomic E-state index is -0.347. The predicted octanol–water partition coefficient (Wildman–Crippen LogP) is 3.23. The Morgan fingerprint density at radius 3 is 2.71 bits per heavy atom. The summed E-state index contributed by atoms with van der Waals surface area (Å²) in [5.74, 6) is 0.513. The molecule has 0 N–H and O–H groups in total. The maximum Gasteiger partial charge on any atom is 0.311 e. The van der Waals surface area contributed by atoms with E-state index in [1.165, 1.54) is 25.3 Å². The minimum absolute atomic E-state index is 0.116. The molecule has 1 spiro atoms. The summed E-state index contributed by atoms with van der Waals surface area (Å²) in [5, 5.41) is 11.0. The van der Waals surface area contributed by atoms with Gasteiger partial charge in [-0.25, -0.2) is 0 Å². The SMILES string of the molecule is O=[N+]([O-])c1cccc2c1OC1(CCCCC1)C2. The van der Waals surface area contributed by atoms with Gasteiger partial charge in [-0.05, 0) is 25.7 Å². The lowest BCUT2D eigenvalue weighted by Gasteiger charge is -2.32. The fraction of sp³-hybridized carbons (Fsp3) is 0.538. The Bertz CT molecular complexity index is 464. The molecule has 0 bridgehead atoms. The lowest BCUT2D eigenvalue weighted by atomic mass is 9.82. The Balaban J connectivity index is 1.97. The van der Waals surface area contributed by atoms with Crippen molar-refractivity contribution in [3.05, 3.63) is 33.9 Å². The van der Waals surface area contributed by atoms with Crippen molar-refractivity contribution in [3.8, 4) is 5.75 Å². The molecule has 90 valence electrons. The van der Waals surface area contributed by atoms with E-state index in [-0.39, 0.29) is 16.2 Å². The molecular weight excluding hydrogens is 218 g/mol. The van der Waals surface area contributed by atoms with Gasteiger partial charge in [0.05, 0.1) is 4.92 Å². The normalized spacial score (nSPS) is 20.9. The molecule has 4 heteroatoms. The molecule has 1 aliphatic heterocycles. The van der Waals surface area contributed by atoms with Crippen molar-refractivity contribution in [2.75, 3.05) is 0 Å². The van der Waals surface area contributed by atoms with Crippen LogP contribution in [-0.2, 0) is 6.42 Å². The van der Waals surface area contributed by atoms with Gasteiger partial charge in [0.1, 0.15) is 5.60 Å². The number of para-hydroxylation sites is 1. The molecule has 1 fully saturated rings. The van der Waals surface area contributed by atoms with Crippen molar-refractivity contribution in [3.63, 3.8) is 0 Å². The average Bonchev–Trinajstić information content (AvgIpc) is 2.66. The van der Waals surface area contributed by atoms with E-state index < -0.39 is 0 Å². The zero-order chi connectivity index (χ0) is 11.9. The molecule has 0 unspecified atom stereocenters. The van der Waals surface area contributed by atoms with Crippen LogP contribution in [0, 0.1) is 10.1 Å². The number of nitrogens with zero attached hydrogens (tertiary/aromatic N) is 1. The van der Waals surface area contributed by atoms with Gasteiger partial charge < -0.3 is 4.74 Å². The Labute approximate surface area is 99.7 Å². The fourth-order valence-electron chi connectivity index (χ4n) is 3.05. The first-order chi connectivity index (χ1) is 8.20. The van der Waals surface area contributed by atoms with Gasteiger partial charge in [-0.15, -0.1) is 0 Å². The largest absolute Gasteiger partial charge is 0.480 e. The van der Waals surface area contributed by atoms with E-state index in [4.69, 9.17) is 4.74 Å². The van der Waals surface area contributed by atoms with Crippen molar-refractivity contribution in [2.45, 2.75) is 44.1 Å². The number of nitro benzene ring substituents is 1. The molecule has 0 saturated heterocycles. The zero-order valence-corrected chi connectivity index (χ0v) is 9.65. The Morgan fingerprint density at radius 1 is 1.24 bits per heavy atom. The molecule has 0 radical (unpaired) electrons. The third-order valence-corrected chi connectivity index (χ3v) is 3.87. The van der Waals surface area contributed by atoms with Crippen molar-refractivity contribution in [2.24, 2.45) is 0 Å². The van der Waals surface area contributed by atoms with Crippen molar-refractivity contribution < 1.29 is 9.66 Å². The summed E-state index contributed by atoms with van der Waals surface area (Å²) in [6, 6.07) is 5.23. The smallest absolute Gasteiger partial charge is 0.311 e. The Hall–Kier alpha value is -1.58. The highest BCUT2D eigenvalue weighted by Crippen LogP contribution is 2.47. The Morgan fingerprint density at radius 2 is 2.00 bits per heavy atom. The molecule has 0 amide bonds. The molecule has 0 aromatic heterocycles. The van der Waals surface area contributed by atoms with Crippen molar-refractivity contribution >= 4 is 5.69 Å². The highest BCUT2D eigenvalue weighted by molar-refractivity contribution is 5.54. The van der Waals surface area contributed by atoms with Gasteiger partial charge in [0.15, 0.2) is 0 Å². The van der Waals surface area contributed by atoms with Crippen LogP contribution in [0.4, 0.5) is 5.69 Å². The number of benzene rings is 1. The molecule has 1 saturated carbocycles. The first-order valence-electron chi connectivity index (χ1n) is 6.16. The Kier molecular flexibility index (Phi) is 2.31. The molecule has 1 aromatic rings. The fourth-order valence-corrected chi connectivity index (χ4v) is 3.05. The van der Waals surface area contributed by atoms with Crippen LogP contribution in [0.25, 0.3) is 0 Å². The molecule has 3 rings (SSSR count). The van der Waals surface area contributed by atoms with Crippen LogP contribution >= 0.6 is 0 Å². The third-order valence-electron chi connectivity index (χ3n) is 3.87. The van der Waals surface area contributed by atoms with Gasteiger partial charge in [0.25, 0.3) is 0 Å². The highest BCUT2D eigenvalue weighted by Gasteiger charge is 2.42. The second-order valence-corrected chi connectivity index (χ2v) is 5.05. The predicted molar refractivity (Wildman–Crippen MR) is 63.2 cm³/mol. The van der Waals surface area contributed by atoms with E-state index >= 15 is 0 Å². The van der Waals surface area contributed by atoms with E-state index in [1.807, 2.05) is 6.07 Å². The van der Waals surface area contributed by atoms with E-state index in [0.717, 1.165) is 24.8 Å². The molecule has 1 aliphatic carbocycles. The molecule has 2 aliphatic rings. The lowest BCUT2D eigenvalue weighted by molar-refractivity contribution is -0.386. The lowest BCUT2D eigenvalue weighted by Crippen LogP contribution is -2.36. The number of fused-ring (bicyclic) bond motifs is 1. The van der Waals surface area contributed by atoms with Gasteiger partial charge in [-0.3, -0.25) is 10.1 Å². The summed E-state index contributed by atoms with van der Waals surface area (Å²) in [4.78, 5) is 10.6. The van der Waals surface area contributed by atoms with Gasteiger partial charge >= 0.3 is 5.69 Å². The highest BCUT2D eigenvalue weighted by atomic mass is 16.6. The second kappa shape index (κ2) is 3.72. The number of ether oxygens (including phenoxy) is 1. The molecule has 1 heterocycles. The van der Waals surface area contributed by atoms with E-state index in [1.54, 1.807) is 6.07 Å². The minimum Gasteiger partial charge on any atom is -0.480 e. The van der Waals surface area contributed by atoms with Crippen LogP contribution in [0.1, 0.15) is 37.7 Å². The number of hydrogen-bond acceptors (Lipinski definition) is 3. The summed E-state index contributed by atoms with van der Waals surface area (Å²) in [7, 11) is 0. The van der Waals surface area contributed by atoms with Crippen molar-refractivity contribution in [1.82, 2.24) is 0 Å². The molecule has 4 nitrogen and oxygen atoms in total. The summed E-state index contributed by atoms with van der Waals surface area (Å²) in [6.07, 6.45) is 6.48. The van der Waals surface area contributed by atoms with Crippen LogP contribution in [0.3, 0.4) is 0 Å². The third kappa shape index (κ3) is 1.68. The maximum atomic E-state index is 11.0. The first-order valence-corrected chi connectivity index (χ1v) is 6.16. The zero-order valence-electron chi connectivity index (χ0n) is 9.65. The van der Waals surface area contributed by atoms with Crippen LogP contribution in [0.15, 0.2) is 18.2 Å². The number of nitro groups is 1. The van der Waals surface area contributed by atoms with Gasteiger partial charge in [-0.1, -0.05) is 18.6 Å². The van der Waals surface area contributed by atoms with Crippen LogP contribution in [0.2, 0.25) is 0 Å². The monoisotopic (exact) mass is 233 g/mol. The van der Waals surface area contributed by atoms with Gasteiger partial charge in [0, 0.05) is 18.1 Å². The second-order valence-electron chi connectivity index (χ2n) is 5.05. The number of rotatable bonds is 1. The van der Waals surface area contributed by atoms with Gasteiger partial charge in [0.2, 0.25) is 5.75 Å². The molecule has 17 heavy (non-hydrogen) atoms.